The van der Waals surface area contributed by atoms with Gasteiger partial charge in [-0.3, -0.25) is 4.90 Å². The van der Waals surface area contributed by atoms with Crippen LogP contribution in [0.4, 0.5) is 0 Å². The van der Waals surface area contributed by atoms with Crippen molar-refractivity contribution in [2.75, 3.05) is 13.1 Å². The van der Waals surface area contributed by atoms with Crippen LogP contribution in [-0.2, 0) is 0 Å². The molecule has 0 fully saturated rings. The first-order valence-electron chi connectivity index (χ1n) is 4.39. The Kier molecular flexibility index (Phi) is 2.00. The molecule has 0 radical (unpaired) electrons. The molecule has 0 bridgehead atoms. The van der Waals surface area contributed by atoms with Crippen LogP contribution in [0.15, 0.2) is 36.1 Å². The zero-order chi connectivity index (χ0) is 8.39. The minimum atomic E-state index is 0.562. The first-order valence-corrected chi connectivity index (χ1v) is 4.39. The second-order valence-corrected chi connectivity index (χ2v) is 3.29. The summed E-state index contributed by atoms with van der Waals surface area (Å²) in [5.74, 6) is 0. The molecule has 0 saturated heterocycles. The second kappa shape index (κ2) is 3.15. The zero-order valence-corrected chi connectivity index (χ0v) is 7.11. The van der Waals surface area contributed by atoms with Crippen LogP contribution in [0.1, 0.15) is 6.42 Å². The smallest absolute Gasteiger partial charge is 0.0323 e. The van der Waals surface area contributed by atoms with Gasteiger partial charge in [0.2, 0.25) is 0 Å². The first-order chi connectivity index (χ1) is 5.86. The summed E-state index contributed by atoms with van der Waals surface area (Å²) >= 11 is 0. The lowest BCUT2D eigenvalue weighted by Gasteiger charge is -2.25. The molecule has 1 atom stereocenters. The highest BCUT2D eigenvalue weighted by Crippen LogP contribution is 2.15. The van der Waals surface area contributed by atoms with E-state index in [0.29, 0.717) is 6.04 Å². The molecule has 2 rings (SSSR count). The lowest BCUT2D eigenvalue weighted by Crippen LogP contribution is -2.32. The van der Waals surface area contributed by atoms with Gasteiger partial charge in [0.25, 0.3) is 0 Å². The molecule has 0 aromatic heterocycles. The first kappa shape index (κ1) is 7.62. The van der Waals surface area contributed by atoms with E-state index in [1.54, 1.807) is 0 Å². The van der Waals surface area contributed by atoms with Gasteiger partial charge in [0.15, 0.2) is 0 Å². The van der Waals surface area contributed by atoms with E-state index in [0.717, 1.165) is 25.2 Å². The number of nitrogens with two attached hydrogens (primary N) is 1. The highest BCUT2D eigenvalue weighted by molar-refractivity contribution is 5.23. The molecule has 64 valence electrons. The predicted molar refractivity (Wildman–Crippen MR) is 50.5 cm³/mol. The topological polar surface area (TPSA) is 29.3 Å². The standard InChI is InChI=1S/C10H14N2/c11-9-3-5-10(6-4-9)12-7-1-2-8-12/h1-5,10H,6-8,11H2. The normalized spacial score (nSPS) is 29.3. The van der Waals surface area contributed by atoms with Gasteiger partial charge in [-0.1, -0.05) is 24.3 Å². The number of hydrogen-bond acceptors (Lipinski definition) is 2. The number of hydrogen-bond donors (Lipinski definition) is 1. The summed E-state index contributed by atoms with van der Waals surface area (Å²) in [6, 6.07) is 0.562. The summed E-state index contributed by atoms with van der Waals surface area (Å²) in [6.07, 6.45) is 11.8. The second-order valence-electron chi connectivity index (χ2n) is 3.29. The van der Waals surface area contributed by atoms with Gasteiger partial charge in [-0.05, 0) is 12.5 Å². The highest BCUT2D eigenvalue weighted by atomic mass is 15.2. The molecule has 1 heterocycles. The molecule has 2 aliphatic rings. The van der Waals surface area contributed by atoms with Crippen molar-refractivity contribution in [3.63, 3.8) is 0 Å². The van der Waals surface area contributed by atoms with Crippen molar-refractivity contribution in [3.8, 4) is 0 Å². The van der Waals surface area contributed by atoms with E-state index in [1.165, 1.54) is 0 Å². The number of rotatable bonds is 1. The van der Waals surface area contributed by atoms with Crippen LogP contribution in [0, 0.1) is 0 Å². The third-order valence-electron chi connectivity index (χ3n) is 2.42. The lowest BCUT2D eigenvalue weighted by molar-refractivity contribution is 0.295. The maximum Gasteiger partial charge on any atom is 0.0323 e. The largest absolute Gasteiger partial charge is 0.399 e. The van der Waals surface area contributed by atoms with Gasteiger partial charge < -0.3 is 5.73 Å². The van der Waals surface area contributed by atoms with E-state index in [-0.39, 0.29) is 0 Å². The number of nitrogens with zero attached hydrogens (tertiary/aromatic N) is 1. The third-order valence-corrected chi connectivity index (χ3v) is 2.42. The van der Waals surface area contributed by atoms with E-state index < -0.39 is 0 Å². The molecule has 0 amide bonds. The van der Waals surface area contributed by atoms with Crippen LogP contribution >= 0.6 is 0 Å². The van der Waals surface area contributed by atoms with Crippen molar-refractivity contribution in [1.82, 2.24) is 4.90 Å². The molecule has 0 spiro atoms. The Balaban J connectivity index is 1.96. The molecule has 2 nitrogen and oxygen atoms in total. The molecule has 2 heteroatoms. The van der Waals surface area contributed by atoms with E-state index in [2.05, 4.69) is 29.2 Å². The van der Waals surface area contributed by atoms with Crippen molar-refractivity contribution < 1.29 is 0 Å². The quantitative estimate of drug-likeness (QED) is 0.583. The van der Waals surface area contributed by atoms with Gasteiger partial charge in [0.1, 0.15) is 0 Å². The average molecular weight is 162 g/mol. The number of allylic oxidation sites excluding steroid dienone is 1. The van der Waals surface area contributed by atoms with Gasteiger partial charge >= 0.3 is 0 Å². The third kappa shape index (κ3) is 1.43. The zero-order valence-electron chi connectivity index (χ0n) is 7.11. The van der Waals surface area contributed by atoms with Crippen LogP contribution in [0.5, 0.6) is 0 Å². The Bertz CT molecular complexity index is 243. The van der Waals surface area contributed by atoms with Crippen LogP contribution < -0.4 is 5.73 Å². The Labute approximate surface area is 73.0 Å². The van der Waals surface area contributed by atoms with Crippen molar-refractivity contribution in [1.29, 1.82) is 0 Å². The molecule has 12 heavy (non-hydrogen) atoms. The Morgan fingerprint density at radius 3 is 2.67 bits per heavy atom. The van der Waals surface area contributed by atoms with Crippen molar-refractivity contribution in [2.45, 2.75) is 12.5 Å². The maximum atomic E-state index is 5.64. The summed E-state index contributed by atoms with van der Waals surface area (Å²) in [5, 5.41) is 0. The fourth-order valence-electron chi connectivity index (χ4n) is 1.66. The highest BCUT2D eigenvalue weighted by Gasteiger charge is 2.16. The molecular formula is C10H14N2. The van der Waals surface area contributed by atoms with Crippen LogP contribution in [-0.4, -0.2) is 24.0 Å². The summed E-state index contributed by atoms with van der Waals surface area (Å²) < 4.78 is 0. The van der Waals surface area contributed by atoms with E-state index in [4.69, 9.17) is 5.73 Å². The van der Waals surface area contributed by atoms with Crippen molar-refractivity contribution in [3.05, 3.63) is 36.1 Å². The summed E-state index contributed by atoms with van der Waals surface area (Å²) in [6.45, 7) is 2.17. The average Bonchev–Trinajstić information content (AvgIpc) is 2.58. The van der Waals surface area contributed by atoms with Gasteiger partial charge in [-0.15, -0.1) is 0 Å². The molecule has 1 aliphatic heterocycles. The van der Waals surface area contributed by atoms with Gasteiger partial charge in [0.05, 0.1) is 0 Å². The lowest BCUT2D eigenvalue weighted by atomic mass is 10.1. The van der Waals surface area contributed by atoms with Gasteiger partial charge in [0, 0.05) is 24.8 Å². The van der Waals surface area contributed by atoms with Crippen LogP contribution in [0.25, 0.3) is 0 Å². The minimum Gasteiger partial charge on any atom is -0.399 e. The van der Waals surface area contributed by atoms with E-state index >= 15 is 0 Å². The minimum absolute atomic E-state index is 0.562. The fraction of sp³-hybridized carbons (Fsp3) is 0.400. The maximum absolute atomic E-state index is 5.64. The molecular weight excluding hydrogens is 148 g/mol. The fourth-order valence-corrected chi connectivity index (χ4v) is 1.66. The Morgan fingerprint density at radius 2 is 2.08 bits per heavy atom. The van der Waals surface area contributed by atoms with Gasteiger partial charge in [-0.2, -0.15) is 0 Å². The molecule has 1 unspecified atom stereocenters. The summed E-state index contributed by atoms with van der Waals surface area (Å²) in [4.78, 5) is 2.43. The monoisotopic (exact) mass is 162 g/mol. The van der Waals surface area contributed by atoms with Crippen molar-refractivity contribution in [2.24, 2.45) is 5.73 Å². The van der Waals surface area contributed by atoms with Crippen molar-refractivity contribution >= 4 is 0 Å². The molecule has 0 saturated carbocycles. The van der Waals surface area contributed by atoms with Crippen LogP contribution in [0.2, 0.25) is 0 Å². The van der Waals surface area contributed by atoms with E-state index in [1.807, 2.05) is 6.08 Å². The molecule has 0 aromatic rings. The molecule has 2 N–H and O–H groups in total. The predicted octanol–water partition coefficient (Wildman–Crippen LogP) is 1.03. The molecule has 1 aliphatic carbocycles. The summed E-state index contributed by atoms with van der Waals surface area (Å²) in [7, 11) is 0. The SMILES string of the molecule is NC1=CCC(N2CC=CC2)C=C1. The van der Waals surface area contributed by atoms with E-state index in [9.17, 15) is 0 Å². The summed E-state index contributed by atoms with van der Waals surface area (Å²) in [5.41, 5.74) is 6.54. The van der Waals surface area contributed by atoms with Gasteiger partial charge in [-0.25, -0.2) is 0 Å². The van der Waals surface area contributed by atoms with Crippen LogP contribution in [0.3, 0.4) is 0 Å². The Hall–Kier alpha value is -1.02. The molecule has 0 aromatic carbocycles. The Morgan fingerprint density at radius 1 is 1.33 bits per heavy atom.